The molecule has 0 rings (SSSR count). The maximum atomic E-state index is 11.6. The van der Waals surface area contributed by atoms with Crippen LogP contribution in [0.3, 0.4) is 0 Å². The summed E-state index contributed by atoms with van der Waals surface area (Å²) in [6, 6.07) is 0. The van der Waals surface area contributed by atoms with Crippen molar-refractivity contribution in [3.05, 3.63) is 0 Å². The summed E-state index contributed by atoms with van der Waals surface area (Å²) in [5.41, 5.74) is 0. The molecule has 2 N–H and O–H groups in total. The van der Waals surface area contributed by atoms with Gasteiger partial charge in [-0.1, -0.05) is 38.5 Å². The monoisotopic (exact) mass is 402 g/mol. The molecule has 0 saturated heterocycles. The van der Waals surface area contributed by atoms with Crippen LogP contribution >= 0.6 is 0 Å². The van der Waals surface area contributed by atoms with Crippen molar-refractivity contribution in [2.45, 2.75) is 103 Å². The number of unbranched alkanes of at least 4 members (excludes halogenated alkanes) is 11. The minimum Gasteiger partial charge on any atom is -0.466 e. The lowest BCUT2D eigenvalue weighted by Crippen LogP contribution is -2.06. The largest absolute Gasteiger partial charge is 0.466 e. The third-order valence-electron chi connectivity index (χ3n) is 4.64. The van der Waals surface area contributed by atoms with Gasteiger partial charge in [-0.3, -0.25) is 9.59 Å². The minimum atomic E-state index is -0.110. The van der Waals surface area contributed by atoms with Crippen molar-refractivity contribution in [3.8, 4) is 0 Å². The quantitative estimate of drug-likeness (QED) is 0.220. The maximum absolute atomic E-state index is 11.6. The molecule has 0 spiro atoms. The van der Waals surface area contributed by atoms with Crippen molar-refractivity contribution in [1.82, 2.24) is 0 Å². The van der Waals surface area contributed by atoms with Crippen molar-refractivity contribution in [3.63, 3.8) is 0 Å². The van der Waals surface area contributed by atoms with Gasteiger partial charge in [-0.15, -0.1) is 0 Å². The van der Waals surface area contributed by atoms with E-state index in [0.29, 0.717) is 26.1 Å². The number of hydrogen-bond donors (Lipinski definition) is 2. The lowest BCUT2D eigenvalue weighted by molar-refractivity contribution is -0.144. The standard InChI is InChI=1S/C22H42O6/c23-17-11-5-7-13-19-27-21(25)15-9-3-1-2-4-10-16-22(26)28-20-14-8-6-12-18-24/h23-24H,1-20H2. The Morgan fingerprint density at radius 3 is 1.18 bits per heavy atom. The van der Waals surface area contributed by atoms with Gasteiger partial charge in [-0.2, -0.15) is 0 Å². The summed E-state index contributed by atoms with van der Waals surface area (Å²) in [6.07, 6.45) is 14.2. The molecule has 0 aliphatic rings. The van der Waals surface area contributed by atoms with Crippen LogP contribution in [-0.4, -0.2) is 48.6 Å². The molecule has 28 heavy (non-hydrogen) atoms. The van der Waals surface area contributed by atoms with Gasteiger partial charge in [0.15, 0.2) is 0 Å². The second-order valence-electron chi connectivity index (χ2n) is 7.34. The molecule has 0 aliphatic heterocycles. The average molecular weight is 403 g/mol. The van der Waals surface area contributed by atoms with Gasteiger partial charge < -0.3 is 19.7 Å². The number of carbonyl (C=O) groups excluding carboxylic acids is 2. The van der Waals surface area contributed by atoms with Gasteiger partial charge in [-0.05, 0) is 51.4 Å². The summed E-state index contributed by atoms with van der Waals surface area (Å²) < 4.78 is 10.4. The van der Waals surface area contributed by atoms with Crippen LogP contribution in [-0.2, 0) is 19.1 Å². The van der Waals surface area contributed by atoms with E-state index in [0.717, 1.165) is 89.9 Å². The summed E-state index contributed by atoms with van der Waals surface area (Å²) in [4.78, 5) is 23.2. The van der Waals surface area contributed by atoms with Gasteiger partial charge in [0.05, 0.1) is 13.2 Å². The predicted octanol–water partition coefficient (Wildman–Crippen LogP) is 4.30. The van der Waals surface area contributed by atoms with Crippen LogP contribution in [0.25, 0.3) is 0 Å². The molecule has 0 bridgehead atoms. The van der Waals surface area contributed by atoms with E-state index in [1.807, 2.05) is 0 Å². The van der Waals surface area contributed by atoms with E-state index in [2.05, 4.69) is 0 Å². The number of hydrogen-bond acceptors (Lipinski definition) is 6. The summed E-state index contributed by atoms with van der Waals surface area (Å²) in [5, 5.41) is 17.3. The molecular formula is C22H42O6. The van der Waals surface area contributed by atoms with E-state index in [9.17, 15) is 9.59 Å². The zero-order chi connectivity index (χ0) is 20.7. The van der Waals surface area contributed by atoms with Gasteiger partial charge in [0, 0.05) is 26.1 Å². The van der Waals surface area contributed by atoms with E-state index in [1.165, 1.54) is 0 Å². The van der Waals surface area contributed by atoms with Crippen LogP contribution in [0.4, 0.5) is 0 Å². The number of ether oxygens (including phenoxy) is 2. The highest BCUT2D eigenvalue weighted by Crippen LogP contribution is 2.10. The fraction of sp³-hybridized carbons (Fsp3) is 0.909. The molecule has 6 heteroatoms. The molecule has 0 aromatic heterocycles. The molecule has 0 atom stereocenters. The number of esters is 2. The number of rotatable bonds is 21. The van der Waals surface area contributed by atoms with Gasteiger partial charge >= 0.3 is 11.9 Å². The van der Waals surface area contributed by atoms with E-state index in [4.69, 9.17) is 19.7 Å². The molecule has 0 radical (unpaired) electrons. The Kier molecular flexibility index (Phi) is 21.3. The SMILES string of the molecule is O=C(CCCCCCCCC(=O)OCCCCCCO)OCCCCCCO. The number of aliphatic hydroxyl groups excluding tert-OH is 2. The Hall–Kier alpha value is -1.14. The smallest absolute Gasteiger partial charge is 0.305 e. The average Bonchev–Trinajstić information content (AvgIpc) is 2.69. The van der Waals surface area contributed by atoms with E-state index < -0.39 is 0 Å². The fourth-order valence-corrected chi connectivity index (χ4v) is 2.90. The van der Waals surface area contributed by atoms with Crippen LogP contribution in [0.15, 0.2) is 0 Å². The molecule has 0 heterocycles. The molecule has 0 unspecified atom stereocenters. The van der Waals surface area contributed by atoms with Crippen molar-refractivity contribution >= 4 is 11.9 Å². The molecular weight excluding hydrogens is 360 g/mol. The lowest BCUT2D eigenvalue weighted by Gasteiger charge is -2.06. The Morgan fingerprint density at radius 2 is 0.786 bits per heavy atom. The Balaban J connectivity index is 3.25. The topological polar surface area (TPSA) is 93.1 Å². The lowest BCUT2D eigenvalue weighted by atomic mass is 10.1. The molecule has 6 nitrogen and oxygen atoms in total. The fourth-order valence-electron chi connectivity index (χ4n) is 2.90. The molecule has 0 amide bonds. The zero-order valence-corrected chi connectivity index (χ0v) is 17.7. The second-order valence-corrected chi connectivity index (χ2v) is 7.34. The highest BCUT2D eigenvalue weighted by Gasteiger charge is 2.04. The van der Waals surface area contributed by atoms with Crippen LogP contribution in [0.5, 0.6) is 0 Å². The third kappa shape index (κ3) is 21.2. The van der Waals surface area contributed by atoms with Crippen molar-refractivity contribution in [2.24, 2.45) is 0 Å². The van der Waals surface area contributed by atoms with Crippen LogP contribution < -0.4 is 0 Å². The Labute approximate surface area is 171 Å². The zero-order valence-electron chi connectivity index (χ0n) is 17.7. The highest BCUT2D eigenvalue weighted by molar-refractivity contribution is 5.69. The molecule has 0 aromatic carbocycles. The first-order valence-electron chi connectivity index (χ1n) is 11.2. The molecule has 0 saturated carbocycles. The first-order chi connectivity index (χ1) is 13.7. The van der Waals surface area contributed by atoms with Crippen molar-refractivity contribution in [2.75, 3.05) is 26.4 Å². The van der Waals surface area contributed by atoms with E-state index >= 15 is 0 Å². The molecule has 0 aromatic rings. The summed E-state index contributed by atoms with van der Waals surface area (Å²) in [7, 11) is 0. The minimum absolute atomic E-state index is 0.110. The Bertz CT molecular complexity index is 325. The molecule has 0 fully saturated rings. The van der Waals surface area contributed by atoms with Gasteiger partial charge in [0.25, 0.3) is 0 Å². The van der Waals surface area contributed by atoms with Crippen LogP contribution in [0, 0.1) is 0 Å². The van der Waals surface area contributed by atoms with E-state index in [-0.39, 0.29) is 25.2 Å². The summed E-state index contributed by atoms with van der Waals surface area (Å²) >= 11 is 0. The Morgan fingerprint density at radius 1 is 0.464 bits per heavy atom. The van der Waals surface area contributed by atoms with Gasteiger partial charge in [0.1, 0.15) is 0 Å². The van der Waals surface area contributed by atoms with Gasteiger partial charge in [0.2, 0.25) is 0 Å². The van der Waals surface area contributed by atoms with Crippen molar-refractivity contribution in [1.29, 1.82) is 0 Å². The van der Waals surface area contributed by atoms with Crippen molar-refractivity contribution < 1.29 is 29.3 Å². The van der Waals surface area contributed by atoms with Crippen LogP contribution in [0.2, 0.25) is 0 Å². The summed E-state index contributed by atoms with van der Waals surface area (Å²) in [6.45, 7) is 1.44. The normalized spacial score (nSPS) is 10.8. The molecule has 0 aliphatic carbocycles. The summed E-state index contributed by atoms with van der Waals surface area (Å²) in [5.74, 6) is -0.220. The predicted molar refractivity (Wildman–Crippen MR) is 110 cm³/mol. The van der Waals surface area contributed by atoms with E-state index in [1.54, 1.807) is 0 Å². The second kappa shape index (κ2) is 22.2. The number of carbonyl (C=O) groups is 2. The third-order valence-corrected chi connectivity index (χ3v) is 4.64. The maximum Gasteiger partial charge on any atom is 0.305 e. The van der Waals surface area contributed by atoms with Gasteiger partial charge in [-0.25, -0.2) is 0 Å². The first-order valence-corrected chi connectivity index (χ1v) is 11.2. The molecule has 166 valence electrons. The number of aliphatic hydroxyl groups is 2. The highest BCUT2D eigenvalue weighted by atomic mass is 16.5. The van der Waals surface area contributed by atoms with Crippen LogP contribution in [0.1, 0.15) is 103 Å². The first kappa shape index (κ1) is 26.9.